The molecule has 3 aromatic rings. The number of hydrogen-bond donors (Lipinski definition) is 0. The highest BCUT2D eigenvalue weighted by Gasteiger charge is 2.24. The lowest BCUT2D eigenvalue weighted by molar-refractivity contribution is -0.142. The first-order chi connectivity index (χ1) is 16.7. The van der Waals surface area contributed by atoms with Crippen molar-refractivity contribution in [2.45, 2.75) is 26.3 Å². The number of carbonyl (C=O) groups excluding carboxylic acids is 1. The van der Waals surface area contributed by atoms with E-state index in [1.807, 2.05) is 19.1 Å². The van der Waals surface area contributed by atoms with Gasteiger partial charge in [-0.25, -0.2) is 4.99 Å². The van der Waals surface area contributed by atoms with Gasteiger partial charge in [-0.15, -0.1) is 0 Å². The number of fused-ring (bicyclic) bond motifs is 2. The van der Waals surface area contributed by atoms with E-state index >= 15 is 0 Å². The maximum Gasteiger partial charge on any atom is 0.310 e. The van der Waals surface area contributed by atoms with Crippen LogP contribution in [0.15, 0.2) is 77.8 Å². The Balaban J connectivity index is 1.28. The molecule has 5 heteroatoms. The minimum Gasteiger partial charge on any atom is -0.466 e. The summed E-state index contributed by atoms with van der Waals surface area (Å²) in [7, 11) is 0. The summed E-state index contributed by atoms with van der Waals surface area (Å²) >= 11 is 0. The summed E-state index contributed by atoms with van der Waals surface area (Å²) in [5.74, 6) is 0.927. The van der Waals surface area contributed by atoms with Gasteiger partial charge in [0.25, 0.3) is 0 Å². The standard InChI is InChI=1S/C29H31N3O2/c1-2-34-28(33)19-22-8-7-9-23(18-22)21-31-14-16-32(17-15-31)29-26-12-5-3-10-24(26)20-25-11-4-6-13-27(25)30-29/h3-13,18H,2,14-17,19-21H2,1H3. The number of carbonyl (C=O) groups is 1. The highest BCUT2D eigenvalue weighted by molar-refractivity contribution is 6.02. The van der Waals surface area contributed by atoms with E-state index in [2.05, 4.69) is 70.5 Å². The lowest BCUT2D eigenvalue weighted by Gasteiger charge is -2.37. The van der Waals surface area contributed by atoms with Crippen molar-refractivity contribution in [1.29, 1.82) is 0 Å². The molecule has 0 saturated carbocycles. The number of para-hydroxylation sites is 1. The van der Waals surface area contributed by atoms with Crippen LogP contribution in [0, 0.1) is 0 Å². The highest BCUT2D eigenvalue weighted by Crippen LogP contribution is 2.30. The van der Waals surface area contributed by atoms with Gasteiger partial charge in [0, 0.05) is 44.7 Å². The van der Waals surface area contributed by atoms with Crippen molar-refractivity contribution in [2.75, 3.05) is 32.8 Å². The van der Waals surface area contributed by atoms with Crippen molar-refractivity contribution in [3.05, 3.63) is 101 Å². The smallest absolute Gasteiger partial charge is 0.310 e. The minimum atomic E-state index is -0.167. The second-order valence-electron chi connectivity index (χ2n) is 8.96. The maximum absolute atomic E-state index is 11.8. The van der Waals surface area contributed by atoms with E-state index < -0.39 is 0 Å². The molecule has 174 valence electrons. The molecular weight excluding hydrogens is 422 g/mol. The summed E-state index contributed by atoms with van der Waals surface area (Å²) < 4.78 is 5.09. The van der Waals surface area contributed by atoms with Gasteiger partial charge < -0.3 is 9.64 Å². The first-order valence-electron chi connectivity index (χ1n) is 12.1. The Kier molecular flexibility index (Phi) is 6.72. The van der Waals surface area contributed by atoms with Gasteiger partial charge in [0.05, 0.1) is 18.7 Å². The number of benzene rings is 3. The topological polar surface area (TPSA) is 45.1 Å². The van der Waals surface area contributed by atoms with Gasteiger partial charge in [-0.05, 0) is 35.2 Å². The minimum absolute atomic E-state index is 0.167. The molecule has 2 aliphatic rings. The third-order valence-electron chi connectivity index (χ3n) is 6.58. The Morgan fingerprint density at radius 3 is 2.44 bits per heavy atom. The Morgan fingerprint density at radius 2 is 1.62 bits per heavy atom. The van der Waals surface area contributed by atoms with E-state index in [0.29, 0.717) is 13.0 Å². The van der Waals surface area contributed by atoms with E-state index in [4.69, 9.17) is 9.73 Å². The molecule has 0 spiro atoms. The van der Waals surface area contributed by atoms with E-state index in [0.717, 1.165) is 56.2 Å². The molecule has 0 bridgehead atoms. The first-order valence-corrected chi connectivity index (χ1v) is 12.1. The number of nitrogens with zero attached hydrogens (tertiary/aromatic N) is 3. The van der Waals surface area contributed by atoms with Gasteiger partial charge in [0.2, 0.25) is 0 Å². The molecule has 2 heterocycles. The van der Waals surface area contributed by atoms with E-state index in [1.54, 1.807) is 0 Å². The van der Waals surface area contributed by atoms with Crippen molar-refractivity contribution < 1.29 is 9.53 Å². The molecule has 5 rings (SSSR count). The number of rotatable bonds is 5. The van der Waals surface area contributed by atoms with Gasteiger partial charge in [-0.2, -0.15) is 0 Å². The molecule has 34 heavy (non-hydrogen) atoms. The fourth-order valence-corrected chi connectivity index (χ4v) is 4.88. The highest BCUT2D eigenvalue weighted by atomic mass is 16.5. The van der Waals surface area contributed by atoms with Crippen LogP contribution < -0.4 is 0 Å². The Hall–Kier alpha value is -3.44. The molecule has 0 amide bonds. The third kappa shape index (κ3) is 5.05. The summed E-state index contributed by atoms with van der Waals surface area (Å²) in [4.78, 5) is 21.9. The van der Waals surface area contributed by atoms with Crippen LogP contribution in [0.25, 0.3) is 0 Å². The van der Waals surface area contributed by atoms with E-state index in [9.17, 15) is 4.79 Å². The number of hydrogen-bond acceptors (Lipinski definition) is 5. The molecule has 2 aliphatic heterocycles. The van der Waals surface area contributed by atoms with E-state index in [-0.39, 0.29) is 5.97 Å². The first kappa shape index (κ1) is 22.4. The van der Waals surface area contributed by atoms with Crippen LogP contribution >= 0.6 is 0 Å². The number of piperazine rings is 1. The SMILES string of the molecule is CCOC(=O)Cc1cccc(CN2CCN(C3=Nc4ccccc4Cc4ccccc43)CC2)c1. The number of amidine groups is 1. The summed E-state index contributed by atoms with van der Waals surface area (Å²) in [6.07, 6.45) is 1.25. The van der Waals surface area contributed by atoms with Gasteiger partial charge in [-0.3, -0.25) is 9.69 Å². The van der Waals surface area contributed by atoms with Gasteiger partial charge >= 0.3 is 5.97 Å². The summed E-state index contributed by atoms with van der Waals surface area (Å²) in [5.41, 5.74) is 7.20. The zero-order chi connectivity index (χ0) is 23.3. The molecule has 0 atom stereocenters. The van der Waals surface area contributed by atoms with Crippen LogP contribution in [0.4, 0.5) is 5.69 Å². The maximum atomic E-state index is 11.8. The predicted molar refractivity (Wildman–Crippen MR) is 136 cm³/mol. The quantitative estimate of drug-likeness (QED) is 0.530. The van der Waals surface area contributed by atoms with Crippen LogP contribution in [-0.2, 0) is 28.9 Å². The molecule has 5 nitrogen and oxygen atoms in total. The Morgan fingerprint density at radius 1 is 0.882 bits per heavy atom. The third-order valence-corrected chi connectivity index (χ3v) is 6.58. The average molecular weight is 454 g/mol. The zero-order valence-electron chi connectivity index (χ0n) is 19.7. The molecule has 1 saturated heterocycles. The Bertz CT molecular complexity index is 1200. The van der Waals surface area contributed by atoms with Crippen LogP contribution in [0.5, 0.6) is 0 Å². The fourth-order valence-electron chi connectivity index (χ4n) is 4.88. The van der Waals surface area contributed by atoms with Crippen molar-refractivity contribution in [3.8, 4) is 0 Å². The normalized spacial score (nSPS) is 15.7. The van der Waals surface area contributed by atoms with Gasteiger partial charge in [0.1, 0.15) is 5.84 Å². The molecule has 1 fully saturated rings. The number of esters is 1. The molecule has 3 aromatic carbocycles. The second-order valence-corrected chi connectivity index (χ2v) is 8.96. The summed E-state index contributed by atoms with van der Waals surface area (Å²) in [6, 6.07) is 25.5. The average Bonchev–Trinajstić information content (AvgIpc) is 3.02. The number of aliphatic imine (C=N–C) groups is 1. The van der Waals surface area contributed by atoms with Crippen LogP contribution in [0.1, 0.15) is 34.7 Å². The molecule has 0 aromatic heterocycles. The fraction of sp³-hybridized carbons (Fsp3) is 0.310. The monoisotopic (exact) mass is 453 g/mol. The Labute approximate surface area is 201 Å². The van der Waals surface area contributed by atoms with Gasteiger partial charge in [0.15, 0.2) is 0 Å². The number of ether oxygens (including phenoxy) is 1. The molecule has 0 N–H and O–H groups in total. The second kappa shape index (κ2) is 10.2. The summed E-state index contributed by atoms with van der Waals surface area (Å²) in [6.45, 7) is 6.98. The van der Waals surface area contributed by atoms with Crippen LogP contribution in [-0.4, -0.2) is 54.4 Å². The summed E-state index contributed by atoms with van der Waals surface area (Å²) in [5, 5.41) is 0. The molecule has 0 unspecified atom stereocenters. The van der Waals surface area contributed by atoms with Crippen molar-refractivity contribution in [3.63, 3.8) is 0 Å². The lowest BCUT2D eigenvalue weighted by atomic mass is 9.99. The molecular formula is C29H31N3O2. The zero-order valence-corrected chi connectivity index (χ0v) is 19.7. The van der Waals surface area contributed by atoms with E-state index in [1.165, 1.54) is 22.3 Å². The van der Waals surface area contributed by atoms with Crippen molar-refractivity contribution in [2.24, 2.45) is 4.99 Å². The lowest BCUT2D eigenvalue weighted by Crippen LogP contribution is -2.48. The van der Waals surface area contributed by atoms with Crippen molar-refractivity contribution in [1.82, 2.24) is 9.80 Å². The largest absolute Gasteiger partial charge is 0.466 e. The van der Waals surface area contributed by atoms with Crippen LogP contribution in [0.3, 0.4) is 0 Å². The predicted octanol–water partition coefficient (Wildman–Crippen LogP) is 4.59. The van der Waals surface area contributed by atoms with Crippen LogP contribution in [0.2, 0.25) is 0 Å². The molecule has 0 radical (unpaired) electrons. The molecule has 0 aliphatic carbocycles. The van der Waals surface area contributed by atoms with Crippen molar-refractivity contribution >= 4 is 17.5 Å². The van der Waals surface area contributed by atoms with Gasteiger partial charge in [-0.1, -0.05) is 66.7 Å².